The van der Waals surface area contributed by atoms with Crippen molar-refractivity contribution in [2.24, 2.45) is 5.92 Å². The molecular weight excluding hydrogens is 412 g/mol. The molecule has 5 nitrogen and oxygen atoms in total. The summed E-state index contributed by atoms with van der Waals surface area (Å²) < 4.78 is 84.4. The Morgan fingerprint density at radius 1 is 1.03 bits per heavy atom. The third kappa shape index (κ3) is 6.42. The average Bonchev–Trinajstić information content (AvgIpc) is 2.86. The van der Waals surface area contributed by atoms with Crippen molar-refractivity contribution >= 4 is 0 Å². The molecule has 33 heavy (non-hydrogen) atoms. The van der Waals surface area contributed by atoms with Crippen molar-refractivity contribution in [3.05, 3.63) is 53.1 Å². The van der Waals surface area contributed by atoms with E-state index in [0.29, 0.717) is 18.4 Å². The third-order valence-electron chi connectivity index (χ3n) is 6.27. The number of hydrogen-bond donors (Lipinski definition) is 0. The molecule has 2 rings (SSSR count). The fraction of sp³-hybridized carbons (Fsp3) is 0.536. The lowest BCUT2D eigenvalue weighted by molar-refractivity contribution is 0.292. The molecule has 2 aromatic rings. The van der Waals surface area contributed by atoms with E-state index in [-0.39, 0.29) is 36.9 Å². The predicted octanol–water partition coefficient (Wildman–Crippen LogP) is 5.65. The molecule has 0 amide bonds. The molecule has 0 heterocycles. The van der Waals surface area contributed by atoms with Gasteiger partial charge in [0.25, 0.3) is 0 Å². The van der Waals surface area contributed by atoms with Crippen LogP contribution in [0.2, 0.25) is 0 Å². The highest BCUT2D eigenvalue weighted by molar-refractivity contribution is 5.47. The van der Waals surface area contributed by atoms with Gasteiger partial charge >= 0.3 is 0 Å². The van der Waals surface area contributed by atoms with E-state index in [4.69, 9.17) is 26.5 Å². The number of benzene rings is 2. The second kappa shape index (κ2) is 12.5. The molecule has 0 aliphatic rings. The number of hydrogen-bond acceptors (Lipinski definition) is 5. The molecule has 1 atom stereocenters. The number of methoxy groups -OCH3 is 3. The van der Waals surface area contributed by atoms with Crippen LogP contribution in [-0.2, 0) is 18.3 Å². The smallest absolute Gasteiger partial charge is 0.161 e. The van der Waals surface area contributed by atoms with E-state index in [1.165, 1.54) is 23.1 Å². The minimum atomic E-state index is -2.89. The van der Waals surface area contributed by atoms with Gasteiger partial charge < -0.3 is 19.1 Å². The van der Waals surface area contributed by atoms with Crippen molar-refractivity contribution in [1.82, 2.24) is 4.90 Å². The molecule has 0 saturated heterocycles. The molecule has 0 saturated carbocycles. The number of rotatable bonds is 13. The molecular formula is C28H40N2O3. The minimum absolute atomic E-state index is 0.190. The van der Waals surface area contributed by atoms with E-state index in [2.05, 4.69) is 6.07 Å². The fourth-order valence-electron chi connectivity index (χ4n) is 4.13. The first-order valence-corrected chi connectivity index (χ1v) is 11.2. The highest BCUT2D eigenvalue weighted by Crippen LogP contribution is 2.40. The van der Waals surface area contributed by atoms with Crippen LogP contribution in [0.3, 0.4) is 0 Å². The molecule has 5 heteroatoms. The third-order valence-corrected chi connectivity index (χ3v) is 6.27. The van der Waals surface area contributed by atoms with E-state index >= 15 is 0 Å². The van der Waals surface area contributed by atoms with Gasteiger partial charge in [-0.05, 0) is 80.0 Å². The molecule has 0 fully saturated rings. The Kier molecular flexibility index (Phi) is 6.07. The average molecular weight is 462 g/mol. The van der Waals surface area contributed by atoms with Crippen molar-refractivity contribution in [2.45, 2.75) is 51.9 Å². The van der Waals surface area contributed by atoms with E-state index < -0.39 is 26.5 Å². The maximum Gasteiger partial charge on any atom is 0.161 e. The summed E-state index contributed by atoms with van der Waals surface area (Å²) in [6.07, 6.45) is 1.93. The molecule has 0 aliphatic carbocycles. The van der Waals surface area contributed by atoms with Crippen molar-refractivity contribution in [1.29, 1.82) is 5.26 Å². The molecule has 1 unspecified atom stereocenters. The van der Waals surface area contributed by atoms with Crippen molar-refractivity contribution < 1.29 is 26.5 Å². The summed E-state index contributed by atoms with van der Waals surface area (Å²) in [6, 6.07) is 12.4. The summed E-state index contributed by atoms with van der Waals surface area (Å²) in [7, 11) is -4.13. The summed E-state index contributed by atoms with van der Waals surface area (Å²) in [6.45, 7) is 3.83. The summed E-state index contributed by atoms with van der Waals surface area (Å²) in [5, 5.41) is 10.4. The number of ether oxygens (including phenoxy) is 3. The topological polar surface area (TPSA) is 54.7 Å². The minimum Gasteiger partial charge on any atom is -0.496 e. The highest BCUT2D eigenvalue weighted by atomic mass is 16.5. The van der Waals surface area contributed by atoms with E-state index in [9.17, 15) is 5.26 Å². The zero-order valence-corrected chi connectivity index (χ0v) is 19.9. The van der Waals surface area contributed by atoms with Crippen LogP contribution in [0.1, 0.15) is 62.6 Å². The molecule has 0 radical (unpaired) electrons. The first kappa shape index (κ1) is 16.0. The maximum atomic E-state index is 10.4. The number of nitriles is 1. The molecule has 2 aromatic carbocycles. The Bertz CT molecular complexity index is 1220. The largest absolute Gasteiger partial charge is 0.496 e. The van der Waals surface area contributed by atoms with Crippen LogP contribution in [0.5, 0.6) is 17.2 Å². The Balaban J connectivity index is 2.31. The van der Waals surface area contributed by atoms with E-state index in [1.807, 2.05) is 39.0 Å². The molecule has 0 spiro atoms. The first-order valence-electron chi connectivity index (χ1n) is 15.7. The molecule has 0 aliphatic heterocycles. The van der Waals surface area contributed by atoms with Gasteiger partial charge in [-0.25, -0.2) is 0 Å². The van der Waals surface area contributed by atoms with Gasteiger partial charge in [-0.15, -0.1) is 0 Å². The van der Waals surface area contributed by atoms with Gasteiger partial charge in [0.05, 0.1) is 40.9 Å². The lowest BCUT2D eigenvalue weighted by Gasteiger charge is -2.32. The second-order valence-corrected chi connectivity index (χ2v) is 8.44. The van der Waals surface area contributed by atoms with E-state index in [1.54, 1.807) is 7.11 Å². The number of nitrogens with zero attached hydrogens (tertiary/aromatic N) is 2. The Labute approximate surface area is 212 Å². The molecule has 0 aromatic heterocycles. The van der Waals surface area contributed by atoms with Gasteiger partial charge in [-0.2, -0.15) is 5.26 Å². The Morgan fingerprint density at radius 2 is 1.82 bits per heavy atom. The Morgan fingerprint density at radius 3 is 2.45 bits per heavy atom. The quantitative estimate of drug-likeness (QED) is 0.386. The zero-order chi connectivity index (χ0) is 31.9. The SMILES string of the molecule is [2H]C([2H])([2H])Oc1ccc(C(C#N)(CCCN(CCc2ccc(CC)c(OC)c2)C([2H])([2H])[2H])C(C)C)cc1OC([2H])([2H])[2H]. The normalized spacial score (nSPS) is 18.2. The van der Waals surface area contributed by atoms with Gasteiger partial charge in [-0.3, -0.25) is 0 Å². The van der Waals surface area contributed by atoms with Crippen LogP contribution in [-0.4, -0.2) is 46.2 Å². The standard InChI is InChI=1S/C28H40N2O3/c1-8-23-11-10-22(18-26(23)32-6)14-17-30(4)16-9-15-28(20-29,21(2)3)24-12-13-25(31-5)27(19-24)33-7/h10-13,18-19,21H,8-9,14-17H2,1-7H3/i4D3,5D3,7D3. The lowest BCUT2D eigenvalue weighted by Crippen LogP contribution is -2.32. The molecule has 0 N–H and O–H groups in total. The summed E-state index contributed by atoms with van der Waals surface area (Å²) >= 11 is 0. The van der Waals surface area contributed by atoms with Gasteiger partial charge in [0.1, 0.15) is 5.75 Å². The fourth-order valence-corrected chi connectivity index (χ4v) is 4.13. The summed E-state index contributed by atoms with van der Waals surface area (Å²) in [5.41, 5.74) is 1.30. The maximum absolute atomic E-state index is 10.4. The number of likely N-dealkylation sites (N-methyl/N-ethyl adjacent to an activating group) is 1. The van der Waals surface area contributed by atoms with Gasteiger partial charge in [0.2, 0.25) is 0 Å². The summed E-state index contributed by atoms with van der Waals surface area (Å²) in [4.78, 5) is 1.41. The van der Waals surface area contributed by atoms with Crippen molar-refractivity contribution in [2.75, 3.05) is 41.3 Å². The second-order valence-electron chi connectivity index (χ2n) is 8.44. The first-order chi connectivity index (χ1) is 19.3. The monoisotopic (exact) mass is 461 g/mol. The lowest BCUT2D eigenvalue weighted by atomic mass is 9.69. The van der Waals surface area contributed by atoms with Crippen LogP contribution in [0.4, 0.5) is 0 Å². The van der Waals surface area contributed by atoms with Gasteiger partial charge in [0, 0.05) is 10.7 Å². The zero-order valence-electron chi connectivity index (χ0n) is 28.9. The van der Waals surface area contributed by atoms with Crippen LogP contribution < -0.4 is 14.2 Å². The van der Waals surface area contributed by atoms with Crippen LogP contribution >= 0.6 is 0 Å². The molecule has 180 valence electrons. The van der Waals surface area contributed by atoms with Crippen molar-refractivity contribution in [3.63, 3.8) is 0 Å². The highest BCUT2D eigenvalue weighted by Gasteiger charge is 2.36. The van der Waals surface area contributed by atoms with Crippen LogP contribution in [0.15, 0.2) is 36.4 Å². The van der Waals surface area contributed by atoms with Gasteiger partial charge in [-0.1, -0.05) is 39.0 Å². The van der Waals surface area contributed by atoms with Crippen LogP contribution in [0, 0.1) is 17.2 Å². The Hall–Kier alpha value is -2.71. The summed E-state index contributed by atoms with van der Waals surface area (Å²) in [5.74, 6) is -0.105. The number of aryl methyl sites for hydroxylation is 1. The van der Waals surface area contributed by atoms with Crippen LogP contribution in [0.25, 0.3) is 0 Å². The van der Waals surface area contributed by atoms with E-state index in [0.717, 1.165) is 23.3 Å². The predicted molar refractivity (Wildman–Crippen MR) is 134 cm³/mol. The van der Waals surface area contributed by atoms with Crippen molar-refractivity contribution in [3.8, 4) is 23.3 Å². The molecule has 0 bridgehead atoms. The van der Waals surface area contributed by atoms with Gasteiger partial charge in [0.15, 0.2) is 11.5 Å².